The SMILES string of the molecule is CC(CCO)C(=O)NCC1c2ccccc2CCc2ccccc21.CC(CO)CC(N)=O. The van der Waals surface area contributed by atoms with E-state index in [1.54, 1.807) is 6.92 Å². The molecule has 0 radical (unpaired) electrons. The van der Waals surface area contributed by atoms with Gasteiger partial charge in [-0.25, -0.2) is 0 Å². The number of nitrogens with two attached hydrogens (primary N) is 1. The Balaban J connectivity index is 0.000000390. The van der Waals surface area contributed by atoms with Crippen LogP contribution in [0.2, 0.25) is 0 Å². The van der Waals surface area contributed by atoms with Gasteiger partial charge < -0.3 is 21.3 Å². The smallest absolute Gasteiger partial charge is 0.222 e. The lowest BCUT2D eigenvalue weighted by molar-refractivity contribution is -0.125. The van der Waals surface area contributed by atoms with Crippen molar-refractivity contribution in [3.8, 4) is 0 Å². The molecule has 5 N–H and O–H groups in total. The van der Waals surface area contributed by atoms with Gasteiger partial charge in [-0.1, -0.05) is 62.4 Å². The van der Waals surface area contributed by atoms with Gasteiger partial charge in [0.2, 0.25) is 11.8 Å². The van der Waals surface area contributed by atoms with Crippen molar-refractivity contribution in [2.75, 3.05) is 19.8 Å². The van der Waals surface area contributed by atoms with Crippen molar-refractivity contribution in [3.05, 3.63) is 70.8 Å². The van der Waals surface area contributed by atoms with Crippen molar-refractivity contribution in [1.82, 2.24) is 5.32 Å². The highest BCUT2D eigenvalue weighted by atomic mass is 16.3. The quantitative estimate of drug-likeness (QED) is 0.505. The third-order valence-electron chi connectivity index (χ3n) is 5.88. The van der Waals surface area contributed by atoms with Crippen LogP contribution in [0.15, 0.2) is 48.5 Å². The van der Waals surface area contributed by atoms with Crippen molar-refractivity contribution in [1.29, 1.82) is 0 Å². The van der Waals surface area contributed by atoms with Crippen LogP contribution in [0.25, 0.3) is 0 Å². The molecular formula is C26H36N2O4. The van der Waals surface area contributed by atoms with E-state index in [1.165, 1.54) is 22.3 Å². The maximum absolute atomic E-state index is 12.3. The number of aliphatic hydroxyl groups is 2. The van der Waals surface area contributed by atoms with Crippen molar-refractivity contribution in [2.45, 2.75) is 45.4 Å². The first kappa shape index (κ1) is 25.6. The molecule has 6 nitrogen and oxygen atoms in total. The summed E-state index contributed by atoms with van der Waals surface area (Å²) < 4.78 is 0. The van der Waals surface area contributed by atoms with E-state index in [0.29, 0.717) is 13.0 Å². The fourth-order valence-corrected chi connectivity index (χ4v) is 3.97. The van der Waals surface area contributed by atoms with E-state index in [1.807, 2.05) is 6.92 Å². The second-order valence-corrected chi connectivity index (χ2v) is 8.57. The van der Waals surface area contributed by atoms with E-state index in [2.05, 4.69) is 53.8 Å². The van der Waals surface area contributed by atoms with Crippen LogP contribution in [-0.4, -0.2) is 41.8 Å². The number of primary amides is 1. The Morgan fingerprint density at radius 1 is 1.00 bits per heavy atom. The van der Waals surface area contributed by atoms with Gasteiger partial charge in [-0.3, -0.25) is 9.59 Å². The molecular weight excluding hydrogens is 404 g/mol. The summed E-state index contributed by atoms with van der Waals surface area (Å²) in [5.41, 5.74) is 10.2. The lowest BCUT2D eigenvalue weighted by Gasteiger charge is -2.22. The van der Waals surface area contributed by atoms with Crippen LogP contribution in [0.5, 0.6) is 0 Å². The second-order valence-electron chi connectivity index (χ2n) is 8.57. The van der Waals surface area contributed by atoms with E-state index in [-0.39, 0.29) is 49.2 Å². The van der Waals surface area contributed by atoms with Gasteiger partial charge in [0.1, 0.15) is 0 Å². The molecule has 0 saturated carbocycles. The molecule has 2 amide bonds. The third-order valence-corrected chi connectivity index (χ3v) is 5.88. The van der Waals surface area contributed by atoms with Crippen LogP contribution in [0.1, 0.15) is 54.9 Å². The number of nitrogens with one attached hydrogen (secondary N) is 1. The number of rotatable bonds is 8. The van der Waals surface area contributed by atoms with E-state index in [4.69, 9.17) is 15.9 Å². The summed E-state index contributed by atoms with van der Waals surface area (Å²) >= 11 is 0. The van der Waals surface area contributed by atoms with Gasteiger partial charge in [-0.15, -0.1) is 0 Å². The monoisotopic (exact) mass is 440 g/mol. The summed E-state index contributed by atoms with van der Waals surface area (Å²) in [6, 6.07) is 17.1. The lowest BCUT2D eigenvalue weighted by Crippen LogP contribution is -2.33. The zero-order valence-electron chi connectivity index (χ0n) is 19.1. The highest BCUT2D eigenvalue weighted by molar-refractivity contribution is 5.78. The van der Waals surface area contributed by atoms with Crippen LogP contribution in [0.4, 0.5) is 0 Å². The van der Waals surface area contributed by atoms with Crippen molar-refractivity contribution in [3.63, 3.8) is 0 Å². The number of benzene rings is 2. The number of aliphatic hydroxyl groups excluding tert-OH is 2. The first-order valence-electron chi connectivity index (χ1n) is 11.3. The average molecular weight is 441 g/mol. The highest BCUT2D eigenvalue weighted by Crippen LogP contribution is 2.33. The minimum absolute atomic E-state index is 0.00694. The van der Waals surface area contributed by atoms with Crippen molar-refractivity contribution >= 4 is 11.8 Å². The largest absolute Gasteiger partial charge is 0.396 e. The summed E-state index contributed by atoms with van der Waals surface area (Å²) in [6.07, 6.45) is 2.86. The molecule has 3 rings (SSSR count). The van der Waals surface area contributed by atoms with Crippen LogP contribution in [-0.2, 0) is 22.4 Å². The standard InChI is InChI=1S/C21H25NO2.C5H11NO2/c1-15(12-13-23)21(24)22-14-20-18-8-4-2-6-16(18)10-11-17-7-3-5-9-19(17)20;1-4(3-7)2-5(6)8/h2-9,15,20,23H,10-14H2,1H3,(H,22,24);4,7H,2-3H2,1H3,(H2,6,8). The maximum Gasteiger partial charge on any atom is 0.222 e. The van der Waals surface area contributed by atoms with Crippen LogP contribution >= 0.6 is 0 Å². The minimum atomic E-state index is -0.355. The minimum Gasteiger partial charge on any atom is -0.396 e. The lowest BCUT2D eigenvalue weighted by atomic mass is 9.88. The number of amides is 2. The molecule has 6 heteroatoms. The molecule has 2 aromatic carbocycles. The number of aryl methyl sites for hydroxylation is 2. The topological polar surface area (TPSA) is 113 Å². The van der Waals surface area contributed by atoms with E-state index in [0.717, 1.165) is 12.8 Å². The molecule has 2 atom stereocenters. The van der Waals surface area contributed by atoms with Crippen molar-refractivity contribution in [2.24, 2.45) is 17.6 Å². The molecule has 0 aromatic heterocycles. The molecule has 0 bridgehead atoms. The van der Waals surface area contributed by atoms with Gasteiger partial charge in [0.15, 0.2) is 0 Å². The average Bonchev–Trinajstić information content (AvgIpc) is 2.94. The summed E-state index contributed by atoms with van der Waals surface area (Å²) in [7, 11) is 0. The summed E-state index contributed by atoms with van der Waals surface area (Å²) in [5.74, 6) is -0.307. The zero-order valence-corrected chi connectivity index (χ0v) is 19.1. The molecule has 1 aliphatic carbocycles. The summed E-state index contributed by atoms with van der Waals surface area (Å²) in [4.78, 5) is 22.3. The Morgan fingerprint density at radius 2 is 1.53 bits per heavy atom. The third kappa shape index (κ3) is 7.46. The molecule has 0 heterocycles. The first-order chi connectivity index (χ1) is 15.4. The predicted octanol–water partition coefficient (Wildman–Crippen LogP) is 2.54. The molecule has 2 aromatic rings. The van der Waals surface area contributed by atoms with E-state index >= 15 is 0 Å². The Bertz CT molecular complexity index is 836. The van der Waals surface area contributed by atoms with Crippen LogP contribution in [0.3, 0.4) is 0 Å². The van der Waals surface area contributed by atoms with Gasteiger partial charge in [0.25, 0.3) is 0 Å². The Morgan fingerprint density at radius 3 is 1.97 bits per heavy atom. The molecule has 174 valence electrons. The highest BCUT2D eigenvalue weighted by Gasteiger charge is 2.24. The van der Waals surface area contributed by atoms with Gasteiger partial charge >= 0.3 is 0 Å². The molecule has 0 spiro atoms. The van der Waals surface area contributed by atoms with Crippen LogP contribution in [0, 0.1) is 11.8 Å². The Kier molecular flexibility index (Phi) is 10.4. The van der Waals surface area contributed by atoms with Gasteiger partial charge in [-0.2, -0.15) is 0 Å². The molecule has 2 unspecified atom stereocenters. The zero-order chi connectivity index (χ0) is 23.5. The fraction of sp³-hybridized carbons (Fsp3) is 0.462. The first-order valence-corrected chi connectivity index (χ1v) is 11.3. The number of carbonyl (C=O) groups excluding carboxylic acids is 2. The summed E-state index contributed by atoms with van der Waals surface area (Å²) in [5, 5.41) is 20.5. The van der Waals surface area contributed by atoms with Gasteiger partial charge in [0.05, 0.1) is 0 Å². The molecule has 0 aliphatic heterocycles. The molecule has 32 heavy (non-hydrogen) atoms. The molecule has 0 saturated heterocycles. The second kappa shape index (κ2) is 13.0. The number of fused-ring (bicyclic) bond motifs is 2. The molecule has 0 fully saturated rings. The van der Waals surface area contributed by atoms with Gasteiger partial charge in [-0.05, 0) is 47.4 Å². The normalized spacial score (nSPS) is 14.6. The predicted molar refractivity (Wildman–Crippen MR) is 126 cm³/mol. The van der Waals surface area contributed by atoms with E-state index in [9.17, 15) is 9.59 Å². The number of hydrogen-bond donors (Lipinski definition) is 4. The number of carbonyl (C=O) groups is 2. The van der Waals surface area contributed by atoms with Gasteiger partial charge in [0, 0.05) is 38.0 Å². The van der Waals surface area contributed by atoms with Crippen LogP contribution < -0.4 is 11.1 Å². The van der Waals surface area contributed by atoms with E-state index < -0.39 is 0 Å². The fourth-order valence-electron chi connectivity index (χ4n) is 3.97. The maximum atomic E-state index is 12.3. The molecule has 1 aliphatic rings. The van der Waals surface area contributed by atoms with Crippen molar-refractivity contribution < 1.29 is 19.8 Å². The number of hydrogen-bond acceptors (Lipinski definition) is 4. The summed E-state index contributed by atoms with van der Waals surface area (Å²) in [6.45, 7) is 4.31. The Labute approximate surface area is 190 Å². The Hall–Kier alpha value is -2.70.